The number of benzene rings is 1. The molecule has 1 aromatic carbocycles. The molecule has 10 nitrogen and oxygen atoms in total. The molecule has 1 fully saturated rings. The SMILES string of the molecule is CC(C)(C)OC(=O)ON1CCc2cccc(OC[C@H]3CCCN3c3ccnc4ncnn34)c2C1. The molecule has 0 radical (unpaired) electrons. The van der Waals surface area contributed by atoms with E-state index in [0.717, 1.165) is 42.9 Å². The molecule has 0 unspecified atom stereocenters. The Morgan fingerprint density at radius 1 is 1.18 bits per heavy atom. The van der Waals surface area contributed by atoms with Crippen LogP contribution in [-0.4, -0.2) is 62.1 Å². The first-order chi connectivity index (χ1) is 16.4. The van der Waals surface area contributed by atoms with Gasteiger partial charge >= 0.3 is 6.16 Å². The van der Waals surface area contributed by atoms with Gasteiger partial charge in [-0.1, -0.05) is 12.1 Å². The number of hydroxylamine groups is 2. The van der Waals surface area contributed by atoms with Gasteiger partial charge in [-0.3, -0.25) is 0 Å². The standard InChI is InChI=1S/C24H30N6O4/c1-24(2,3)33-23(31)34-28-13-10-17-6-4-8-20(19(17)14-28)32-15-18-7-5-12-29(18)21-9-11-25-22-26-16-27-30(21)22/h4,6,8-9,11,16,18H,5,7,10,12-15H2,1-3H3/t18-/m1/s1. The van der Waals surface area contributed by atoms with Gasteiger partial charge < -0.3 is 19.2 Å². The maximum absolute atomic E-state index is 12.1. The lowest BCUT2D eigenvalue weighted by atomic mass is 10.00. The van der Waals surface area contributed by atoms with Gasteiger partial charge in [0.15, 0.2) is 0 Å². The third kappa shape index (κ3) is 4.77. The Balaban J connectivity index is 1.27. The zero-order chi connectivity index (χ0) is 23.7. The summed E-state index contributed by atoms with van der Waals surface area (Å²) >= 11 is 0. The summed E-state index contributed by atoms with van der Waals surface area (Å²) in [7, 11) is 0. The third-order valence-corrected chi connectivity index (χ3v) is 6.05. The second kappa shape index (κ2) is 9.09. The molecule has 1 saturated heterocycles. The van der Waals surface area contributed by atoms with Gasteiger partial charge in [0.1, 0.15) is 30.1 Å². The van der Waals surface area contributed by atoms with Gasteiger partial charge in [0.05, 0.1) is 12.6 Å². The zero-order valence-corrected chi connectivity index (χ0v) is 19.8. The van der Waals surface area contributed by atoms with Gasteiger partial charge in [0.25, 0.3) is 5.78 Å². The molecule has 3 aromatic rings. The minimum Gasteiger partial charge on any atom is -0.491 e. The summed E-state index contributed by atoms with van der Waals surface area (Å²) < 4.78 is 13.4. The van der Waals surface area contributed by atoms with Crippen molar-refractivity contribution in [3.05, 3.63) is 47.9 Å². The Bertz CT molecular complexity index is 1170. The van der Waals surface area contributed by atoms with Crippen LogP contribution in [0, 0.1) is 0 Å². The normalized spacial score (nSPS) is 18.7. The predicted octanol–water partition coefficient (Wildman–Crippen LogP) is 3.40. The van der Waals surface area contributed by atoms with E-state index < -0.39 is 11.8 Å². The highest BCUT2D eigenvalue weighted by Gasteiger charge is 2.29. The molecule has 0 bridgehead atoms. The maximum Gasteiger partial charge on any atom is 0.528 e. The summed E-state index contributed by atoms with van der Waals surface area (Å²) in [5, 5.41) is 5.97. The molecule has 2 aliphatic rings. The molecule has 0 spiro atoms. The number of ether oxygens (including phenoxy) is 2. The Morgan fingerprint density at radius 2 is 2.06 bits per heavy atom. The summed E-state index contributed by atoms with van der Waals surface area (Å²) in [5.41, 5.74) is 1.66. The Hall–Kier alpha value is -3.40. The summed E-state index contributed by atoms with van der Waals surface area (Å²) in [6.45, 7) is 8.00. The van der Waals surface area contributed by atoms with E-state index in [0.29, 0.717) is 25.5 Å². The van der Waals surface area contributed by atoms with Crippen LogP contribution in [0.15, 0.2) is 36.8 Å². The molecule has 0 amide bonds. The summed E-state index contributed by atoms with van der Waals surface area (Å²) in [5.74, 6) is 2.38. The van der Waals surface area contributed by atoms with E-state index >= 15 is 0 Å². The first-order valence-corrected chi connectivity index (χ1v) is 11.7. The van der Waals surface area contributed by atoms with Crippen molar-refractivity contribution in [2.24, 2.45) is 0 Å². The highest BCUT2D eigenvalue weighted by atomic mass is 16.8. The van der Waals surface area contributed by atoms with Crippen LogP contribution in [0.5, 0.6) is 5.75 Å². The van der Waals surface area contributed by atoms with Crippen molar-refractivity contribution >= 4 is 17.8 Å². The molecule has 1 atom stereocenters. The minimum atomic E-state index is -0.687. The average Bonchev–Trinajstić information content (AvgIpc) is 3.45. The van der Waals surface area contributed by atoms with Crippen molar-refractivity contribution in [1.29, 1.82) is 0 Å². The number of nitrogens with zero attached hydrogens (tertiary/aromatic N) is 6. The van der Waals surface area contributed by atoms with E-state index in [1.54, 1.807) is 15.8 Å². The van der Waals surface area contributed by atoms with E-state index in [1.165, 1.54) is 11.9 Å². The highest BCUT2D eigenvalue weighted by Crippen LogP contribution is 2.31. The van der Waals surface area contributed by atoms with Crippen molar-refractivity contribution in [3.8, 4) is 5.75 Å². The number of hydrogen-bond donors (Lipinski definition) is 0. The van der Waals surface area contributed by atoms with Crippen molar-refractivity contribution in [3.63, 3.8) is 0 Å². The quantitative estimate of drug-likeness (QED) is 0.524. The topological polar surface area (TPSA) is 94.3 Å². The smallest absolute Gasteiger partial charge is 0.491 e. The van der Waals surface area contributed by atoms with Crippen LogP contribution in [0.25, 0.3) is 5.78 Å². The van der Waals surface area contributed by atoms with E-state index in [-0.39, 0.29) is 6.04 Å². The molecule has 10 heteroatoms. The fourth-order valence-corrected chi connectivity index (χ4v) is 4.55. The highest BCUT2D eigenvalue weighted by molar-refractivity contribution is 5.60. The van der Waals surface area contributed by atoms with Crippen LogP contribution < -0.4 is 9.64 Å². The molecule has 0 saturated carbocycles. The number of rotatable bonds is 5. The zero-order valence-electron chi connectivity index (χ0n) is 19.8. The van der Waals surface area contributed by atoms with Gasteiger partial charge in [-0.15, -0.1) is 5.06 Å². The van der Waals surface area contributed by atoms with E-state index in [1.807, 2.05) is 39.0 Å². The number of fused-ring (bicyclic) bond motifs is 2. The van der Waals surface area contributed by atoms with Crippen molar-refractivity contribution in [1.82, 2.24) is 24.6 Å². The van der Waals surface area contributed by atoms with Crippen molar-refractivity contribution in [2.75, 3.05) is 24.6 Å². The second-order valence-electron chi connectivity index (χ2n) is 9.64. The lowest BCUT2D eigenvalue weighted by Gasteiger charge is -2.30. The van der Waals surface area contributed by atoms with Crippen LogP contribution in [0.2, 0.25) is 0 Å². The van der Waals surface area contributed by atoms with E-state index in [9.17, 15) is 4.79 Å². The molecule has 0 N–H and O–H groups in total. The molecule has 180 valence electrons. The lowest BCUT2D eigenvalue weighted by Crippen LogP contribution is -2.37. The molecule has 34 heavy (non-hydrogen) atoms. The first-order valence-electron chi connectivity index (χ1n) is 11.7. The van der Waals surface area contributed by atoms with Gasteiger partial charge in [-0.2, -0.15) is 14.6 Å². The Morgan fingerprint density at radius 3 is 2.91 bits per heavy atom. The second-order valence-corrected chi connectivity index (χ2v) is 9.64. The van der Waals surface area contributed by atoms with Crippen LogP contribution in [0.1, 0.15) is 44.7 Å². The summed E-state index contributed by atoms with van der Waals surface area (Å²) in [6.07, 6.45) is 5.48. The molecule has 4 heterocycles. The summed E-state index contributed by atoms with van der Waals surface area (Å²) in [4.78, 5) is 28.4. The van der Waals surface area contributed by atoms with Crippen molar-refractivity contribution < 1.29 is 19.1 Å². The fraction of sp³-hybridized carbons (Fsp3) is 0.500. The molecular formula is C24H30N6O4. The first kappa shape index (κ1) is 22.4. The number of carbonyl (C=O) groups excluding carboxylic acids is 1. The van der Waals surface area contributed by atoms with E-state index in [2.05, 4.69) is 26.0 Å². The Labute approximate surface area is 198 Å². The largest absolute Gasteiger partial charge is 0.528 e. The lowest BCUT2D eigenvalue weighted by molar-refractivity contribution is -0.151. The van der Waals surface area contributed by atoms with Crippen LogP contribution in [-0.2, 0) is 22.5 Å². The molecule has 0 aliphatic carbocycles. The fourth-order valence-electron chi connectivity index (χ4n) is 4.55. The molecule has 2 aromatic heterocycles. The maximum atomic E-state index is 12.1. The molecule has 5 rings (SSSR count). The van der Waals surface area contributed by atoms with Gasteiger partial charge in [0.2, 0.25) is 0 Å². The van der Waals surface area contributed by atoms with Crippen LogP contribution in [0.4, 0.5) is 10.6 Å². The predicted molar refractivity (Wildman–Crippen MR) is 125 cm³/mol. The third-order valence-electron chi connectivity index (χ3n) is 6.05. The number of aromatic nitrogens is 4. The van der Waals surface area contributed by atoms with E-state index in [4.69, 9.17) is 14.3 Å². The number of carbonyl (C=O) groups is 1. The molecular weight excluding hydrogens is 436 g/mol. The van der Waals surface area contributed by atoms with Crippen LogP contribution in [0.3, 0.4) is 0 Å². The number of anilines is 1. The van der Waals surface area contributed by atoms with Gasteiger partial charge in [-0.25, -0.2) is 9.78 Å². The van der Waals surface area contributed by atoms with Gasteiger partial charge in [0, 0.05) is 24.8 Å². The summed E-state index contributed by atoms with van der Waals surface area (Å²) in [6, 6.07) is 8.29. The van der Waals surface area contributed by atoms with Crippen molar-refractivity contribution in [2.45, 2.75) is 58.2 Å². The molecule has 2 aliphatic heterocycles. The van der Waals surface area contributed by atoms with Crippen LogP contribution >= 0.6 is 0 Å². The Kier molecular flexibility index (Phi) is 5.99. The number of hydrogen-bond acceptors (Lipinski definition) is 9. The monoisotopic (exact) mass is 466 g/mol. The average molecular weight is 467 g/mol. The minimum absolute atomic E-state index is 0.211. The van der Waals surface area contributed by atoms with Gasteiger partial charge in [-0.05, 0) is 57.7 Å².